The number of furan rings is 1. The molecule has 0 bridgehead atoms. The molecule has 0 aliphatic heterocycles. The molecule has 0 amide bonds. The van der Waals surface area contributed by atoms with Crippen LogP contribution in [0.4, 0.5) is 0 Å². The van der Waals surface area contributed by atoms with Crippen molar-refractivity contribution in [1.82, 2.24) is 15.0 Å². The fourth-order valence-corrected chi connectivity index (χ4v) is 10.6. The number of hydrogen-bond donors (Lipinski definition) is 0. The summed E-state index contributed by atoms with van der Waals surface area (Å²) in [6.45, 7) is 8.72. The van der Waals surface area contributed by atoms with Crippen molar-refractivity contribution in [1.29, 1.82) is 0 Å². The van der Waals surface area contributed by atoms with Gasteiger partial charge in [-0.2, -0.15) is 0 Å². The Hall–Kier alpha value is -6.78. The van der Waals surface area contributed by atoms with E-state index in [1.807, 2.05) is 128 Å². The predicted molar refractivity (Wildman–Crippen MR) is 291 cm³/mol. The van der Waals surface area contributed by atoms with Gasteiger partial charge in [0.05, 0.1) is 0 Å². The molecule has 0 spiro atoms. The SMILES string of the molecule is [2H]C([2H])(c1cc(CC(C)(C)c2ccc(-c3[c-]cccc3)nc2)cc(CC(C)(C)c2ccc(-c3[c-]cccc3)nc2)c1)C([2H])([2H])c1cnc(-c2[c-]cccc2)cc1-c1cccc2c1oc1cc(C3CCCCC3)ccc12.[Ir+3]. The molecule has 5 heteroatoms. The van der Waals surface area contributed by atoms with Crippen LogP contribution in [0.15, 0.2) is 181 Å². The molecule has 1 aliphatic carbocycles. The van der Waals surface area contributed by atoms with E-state index in [2.05, 4.69) is 88.4 Å². The Bertz CT molecular complexity index is 3510. The van der Waals surface area contributed by atoms with Crippen LogP contribution in [0.5, 0.6) is 0 Å². The number of benzene rings is 6. The third-order valence-electron chi connectivity index (χ3n) is 14.5. The number of rotatable bonds is 14. The Balaban J connectivity index is 0.00000657. The van der Waals surface area contributed by atoms with Crippen LogP contribution < -0.4 is 0 Å². The van der Waals surface area contributed by atoms with E-state index in [4.69, 9.17) is 19.4 Å². The molecule has 358 valence electrons. The van der Waals surface area contributed by atoms with Gasteiger partial charge in [-0.3, -0.25) is 0 Å². The zero-order chi connectivity index (χ0) is 52.0. The molecular weight excluding hydrogens is 1050 g/mol. The van der Waals surface area contributed by atoms with Gasteiger partial charge in [0.1, 0.15) is 11.2 Å². The van der Waals surface area contributed by atoms with E-state index in [0.29, 0.717) is 41.2 Å². The van der Waals surface area contributed by atoms with Gasteiger partial charge in [-0.1, -0.05) is 126 Å². The maximum Gasteiger partial charge on any atom is 3.00 e. The normalized spacial score (nSPS) is 14.6. The zero-order valence-electron chi connectivity index (χ0n) is 45.4. The molecule has 4 heterocycles. The number of nitrogens with zero attached hydrogens (tertiary/aromatic N) is 3. The van der Waals surface area contributed by atoms with Crippen molar-refractivity contribution in [2.75, 3.05) is 0 Å². The second kappa shape index (κ2) is 21.1. The second-order valence-electron chi connectivity index (χ2n) is 20.6. The third-order valence-corrected chi connectivity index (χ3v) is 14.5. The van der Waals surface area contributed by atoms with E-state index in [1.54, 1.807) is 0 Å². The minimum absolute atomic E-state index is 0. The Morgan fingerprint density at radius 3 is 1.65 bits per heavy atom. The summed E-state index contributed by atoms with van der Waals surface area (Å²) in [4.78, 5) is 14.6. The molecular formula is C67H60IrN3O. The molecule has 6 aromatic carbocycles. The Kier molecular flexibility index (Phi) is 12.9. The third kappa shape index (κ3) is 10.6. The first-order chi connectivity index (χ1) is 36.1. The van der Waals surface area contributed by atoms with E-state index in [0.717, 1.165) is 66.7 Å². The van der Waals surface area contributed by atoms with Crippen LogP contribution in [-0.4, -0.2) is 15.0 Å². The first-order valence-corrected chi connectivity index (χ1v) is 25.1. The first-order valence-electron chi connectivity index (χ1n) is 27.1. The molecule has 0 N–H and O–H groups in total. The number of hydrogen-bond acceptors (Lipinski definition) is 4. The molecule has 1 saturated carbocycles. The molecule has 0 radical (unpaired) electrons. The summed E-state index contributed by atoms with van der Waals surface area (Å²) in [5, 5.41) is 1.92. The second-order valence-corrected chi connectivity index (χ2v) is 20.6. The molecule has 1 aliphatic rings. The summed E-state index contributed by atoms with van der Waals surface area (Å²) in [6.07, 6.45) is 7.38. The van der Waals surface area contributed by atoms with E-state index in [1.165, 1.54) is 43.9 Å². The maximum absolute atomic E-state index is 10.2. The van der Waals surface area contributed by atoms with Gasteiger partial charge in [-0.15, -0.1) is 108 Å². The summed E-state index contributed by atoms with van der Waals surface area (Å²) < 4.78 is 47.5. The van der Waals surface area contributed by atoms with Gasteiger partial charge in [0.15, 0.2) is 0 Å². The average Bonchev–Trinajstić information content (AvgIpc) is 3.83. The van der Waals surface area contributed by atoms with Crippen LogP contribution >= 0.6 is 0 Å². The van der Waals surface area contributed by atoms with Gasteiger partial charge < -0.3 is 19.4 Å². The van der Waals surface area contributed by atoms with Crippen molar-refractivity contribution < 1.29 is 30.0 Å². The molecule has 0 unspecified atom stereocenters. The largest absolute Gasteiger partial charge is 3.00 e. The van der Waals surface area contributed by atoms with Crippen molar-refractivity contribution in [2.45, 2.75) is 102 Å². The van der Waals surface area contributed by atoms with Gasteiger partial charge in [-0.05, 0) is 123 Å². The fourth-order valence-electron chi connectivity index (χ4n) is 10.6. The molecule has 4 aromatic heterocycles. The number of para-hydroxylation sites is 1. The monoisotopic (exact) mass is 1120 g/mol. The summed E-state index contributed by atoms with van der Waals surface area (Å²) in [5.41, 5.74) is 12.1. The minimum Gasteiger partial charge on any atom is -0.455 e. The van der Waals surface area contributed by atoms with Crippen molar-refractivity contribution >= 4 is 21.9 Å². The van der Waals surface area contributed by atoms with Gasteiger partial charge in [0.25, 0.3) is 0 Å². The van der Waals surface area contributed by atoms with Crippen molar-refractivity contribution in [3.63, 3.8) is 0 Å². The van der Waals surface area contributed by atoms with E-state index in [9.17, 15) is 5.48 Å². The van der Waals surface area contributed by atoms with Crippen LogP contribution in [0.3, 0.4) is 0 Å². The van der Waals surface area contributed by atoms with Gasteiger partial charge in [0, 0.05) is 40.4 Å². The summed E-state index contributed by atoms with van der Waals surface area (Å²) in [7, 11) is 0. The minimum atomic E-state index is -2.61. The Morgan fingerprint density at radius 1 is 0.528 bits per heavy atom. The molecule has 72 heavy (non-hydrogen) atoms. The Labute approximate surface area is 445 Å². The number of aryl methyl sites for hydroxylation is 2. The van der Waals surface area contributed by atoms with E-state index < -0.39 is 23.6 Å². The van der Waals surface area contributed by atoms with Gasteiger partial charge >= 0.3 is 20.1 Å². The van der Waals surface area contributed by atoms with Crippen LogP contribution in [0.25, 0.3) is 66.8 Å². The summed E-state index contributed by atoms with van der Waals surface area (Å²) >= 11 is 0. The number of pyridine rings is 3. The quantitative estimate of drug-likeness (QED) is 0.102. The molecule has 0 atom stereocenters. The van der Waals surface area contributed by atoms with Crippen molar-refractivity contribution in [2.24, 2.45) is 0 Å². The molecule has 11 rings (SSSR count). The van der Waals surface area contributed by atoms with Crippen LogP contribution in [0.1, 0.15) is 110 Å². The Morgan fingerprint density at radius 2 is 1.10 bits per heavy atom. The van der Waals surface area contributed by atoms with Crippen LogP contribution in [0, 0.1) is 18.2 Å². The fraction of sp³-hybridized carbons (Fsp3) is 0.239. The molecule has 0 saturated heterocycles. The van der Waals surface area contributed by atoms with Crippen LogP contribution in [-0.2, 0) is 56.5 Å². The van der Waals surface area contributed by atoms with Gasteiger partial charge in [0.2, 0.25) is 0 Å². The summed E-state index contributed by atoms with van der Waals surface area (Å²) in [5.74, 6) is 0.502. The first kappa shape index (κ1) is 44.0. The number of fused-ring (bicyclic) bond motifs is 3. The van der Waals surface area contributed by atoms with Crippen molar-refractivity contribution in [3.05, 3.63) is 233 Å². The standard InChI is InChI=1S/C67H60N3O.Ir/c1-66(2,55-31-34-61(69-44-55)50-20-11-6-12-21-50)41-47-36-46(37-48(38-47)42-67(3,4)56-32-35-62(70-45-56)51-22-13-7-14-23-51)28-29-54-43-68-63(52-24-15-8-16-25-52)40-60(54)59-27-17-26-58-57-33-30-53(39-64(57)71-65(58)59)49-18-9-5-10-19-49;/h6-8,11-17,20,22,24,26-27,30-40,43-45,49H,5,9-10,18-19,28-29,41-42H2,1-4H3;/q-3;+3/i28D2,29D2;. The molecule has 10 aromatic rings. The predicted octanol–water partition coefficient (Wildman–Crippen LogP) is 16.7. The number of aromatic nitrogens is 3. The van der Waals surface area contributed by atoms with Gasteiger partial charge in [-0.25, -0.2) is 0 Å². The molecule has 4 nitrogen and oxygen atoms in total. The topological polar surface area (TPSA) is 51.8 Å². The zero-order valence-corrected chi connectivity index (χ0v) is 43.7. The van der Waals surface area contributed by atoms with E-state index in [-0.39, 0.29) is 31.2 Å². The van der Waals surface area contributed by atoms with Crippen LogP contribution in [0.2, 0.25) is 0 Å². The smallest absolute Gasteiger partial charge is 0.455 e. The van der Waals surface area contributed by atoms with E-state index >= 15 is 0 Å². The summed E-state index contributed by atoms with van der Waals surface area (Å²) in [6, 6.07) is 61.8. The molecule has 1 fully saturated rings. The maximum atomic E-state index is 10.2. The average molecular weight is 1120 g/mol. The van der Waals surface area contributed by atoms with Crippen molar-refractivity contribution in [3.8, 4) is 44.9 Å².